The first kappa shape index (κ1) is 24.0. The van der Waals surface area contributed by atoms with E-state index in [0.717, 1.165) is 65.2 Å². The Morgan fingerprint density at radius 3 is 2.61 bits per heavy atom. The molecule has 1 aliphatic rings. The fourth-order valence-electron chi connectivity index (χ4n) is 4.57. The number of amides is 1. The molecule has 2 aromatic carbocycles. The number of carbonyl (C=O) groups excluding carboxylic acids is 1. The zero-order chi connectivity index (χ0) is 24.9. The second-order valence-corrected chi connectivity index (χ2v) is 9.34. The van der Waals surface area contributed by atoms with Crippen molar-refractivity contribution in [2.75, 3.05) is 45.7 Å². The lowest BCUT2D eigenvalue weighted by molar-refractivity contribution is 0.0951. The molecular formula is C28H32N6O2. The van der Waals surface area contributed by atoms with Crippen LogP contribution in [-0.4, -0.2) is 72.2 Å². The van der Waals surface area contributed by atoms with Gasteiger partial charge in [-0.25, -0.2) is 9.97 Å². The molecule has 0 aliphatic carbocycles. The third-order valence-corrected chi connectivity index (χ3v) is 6.45. The maximum Gasteiger partial charge on any atom is 0.251 e. The van der Waals surface area contributed by atoms with Crippen LogP contribution in [0.2, 0.25) is 0 Å². The second kappa shape index (κ2) is 10.9. The summed E-state index contributed by atoms with van der Waals surface area (Å²) in [6.07, 6.45) is 3.93. The van der Waals surface area contributed by atoms with E-state index in [9.17, 15) is 4.79 Å². The van der Waals surface area contributed by atoms with Gasteiger partial charge in [0.1, 0.15) is 17.8 Å². The van der Waals surface area contributed by atoms with Gasteiger partial charge in [0.05, 0.1) is 17.2 Å². The van der Waals surface area contributed by atoms with E-state index in [4.69, 9.17) is 4.74 Å². The van der Waals surface area contributed by atoms with Gasteiger partial charge in [-0.3, -0.25) is 4.79 Å². The molecule has 8 heteroatoms. The van der Waals surface area contributed by atoms with Crippen molar-refractivity contribution < 1.29 is 9.53 Å². The Hall–Kier alpha value is -3.75. The smallest absolute Gasteiger partial charge is 0.251 e. The van der Waals surface area contributed by atoms with Gasteiger partial charge in [0, 0.05) is 37.4 Å². The molecule has 1 saturated heterocycles. The van der Waals surface area contributed by atoms with Crippen molar-refractivity contribution in [1.29, 1.82) is 0 Å². The fraction of sp³-hybridized carbons (Fsp3) is 0.321. The first-order valence-corrected chi connectivity index (χ1v) is 12.4. The molecule has 0 bridgehead atoms. The van der Waals surface area contributed by atoms with E-state index in [0.29, 0.717) is 18.7 Å². The highest BCUT2D eigenvalue weighted by Crippen LogP contribution is 2.40. The Kier molecular flexibility index (Phi) is 7.25. The number of likely N-dealkylation sites (N-methyl/N-ethyl adjacent to an activating group) is 1. The molecule has 36 heavy (non-hydrogen) atoms. The highest BCUT2D eigenvalue weighted by molar-refractivity contribution is 6.07. The van der Waals surface area contributed by atoms with Gasteiger partial charge in [-0.2, -0.15) is 0 Å². The maximum atomic E-state index is 12.6. The summed E-state index contributed by atoms with van der Waals surface area (Å²) >= 11 is 0. The van der Waals surface area contributed by atoms with Gasteiger partial charge in [-0.1, -0.05) is 42.5 Å². The van der Waals surface area contributed by atoms with Gasteiger partial charge < -0.3 is 25.3 Å². The first-order chi connectivity index (χ1) is 17.6. The number of nitrogens with one attached hydrogen (secondary N) is 3. The normalized spacial score (nSPS) is 15.5. The van der Waals surface area contributed by atoms with Gasteiger partial charge in [-0.15, -0.1) is 0 Å². The van der Waals surface area contributed by atoms with E-state index in [1.54, 1.807) is 6.33 Å². The Balaban J connectivity index is 1.50. The van der Waals surface area contributed by atoms with Crippen LogP contribution in [0.4, 0.5) is 5.82 Å². The van der Waals surface area contributed by atoms with Crippen molar-refractivity contribution in [1.82, 2.24) is 25.2 Å². The topological polar surface area (TPSA) is 95.2 Å². The zero-order valence-electron chi connectivity index (χ0n) is 20.8. The minimum absolute atomic E-state index is 0.0742. The highest BCUT2D eigenvalue weighted by Gasteiger charge is 2.21. The molecule has 3 heterocycles. The molecule has 8 nitrogen and oxygen atoms in total. The number of anilines is 1. The molecule has 1 fully saturated rings. The number of benzene rings is 2. The molecule has 1 aliphatic heterocycles. The summed E-state index contributed by atoms with van der Waals surface area (Å²) < 4.78 is 5.79. The van der Waals surface area contributed by atoms with E-state index in [-0.39, 0.29) is 12.0 Å². The third-order valence-electron chi connectivity index (χ3n) is 6.45. The van der Waals surface area contributed by atoms with Gasteiger partial charge >= 0.3 is 0 Å². The van der Waals surface area contributed by atoms with Crippen LogP contribution in [0.15, 0.2) is 60.9 Å². The second-order valence-electron chi connectivity index (χ2n) is 9.34. The number of carbonyl (C=O) groups is 1. The van der Waals surface area contributed by atoms with Gasteiger partial charge in [0.15, 0.2) is 0 Å². The predicted molar refractivity (Wildman–Crippen MR) is 143 cm³/mol. The van der Waals surface area contributed by atoms with Crippen molar-refractivity contribution >= 4 is 22.8 Å². The average molecular weight is 485 g/mol. The lowest BCUT2D eigenvalue weighted by Crippen LogP contribution is -2.31. The van der Waals surface area contributed by atoms with Crippen molar-refractivity contribution in [3.63, 3.8) is 0 Å². The Morgan fingerprint density at radius 2 is 1.89 bits per heavy atom. The van der Waals surface area contributed by atoms with Crippen LogP contribution < -0.4 is 10.6 Å². The zero-order valence-corrected chi connectivity index (χ0v) is 20.8. The van der Waals surface area contributed by atoms with Crippen LogP contribution in [-0.2, 0) is 4.74 Å². The number of hydrogen-bond donors (Lipinski definition) is 3. The fourth-order valence-corrected chi connectivity index (χ4v) is 4.57. The molecule has 186 valence electrons. The maximum absolute atomic E-state index is 12.6. The average Bonchev–Trinajstić information content (AvgIpc) is 3.56. The molecule has 1 unspecified atom stereocenters. The standard InChI is InChI=1S/C28H32N6O2/c1-34(2)15-14-29-28(35)21-12-10-20(11-13-21)25-23(19-7-4-3-5-8-19)24-26(31-18-32-27(24)33-25)30-17-22-9-6-16-36-22/h3-5,7-8,10-13,18,22H,6,9,14-17H2,1-2H3,(H,29,35)(H2,30,31,32,33). The molecule has 1 atom stereocenters. The number of H-pyrrole nitrogens is 1. The summed E-state index contributed by atoms with van der Waals surface area (Å²) in [5, 5.41) is 7.42. The lowest BCUT2D eigenvalue weighted by atomic mass is 9.98. The largest absolute Gasteiger partial charge is 0.376 e. The minimum Gasteiger partial charge on any atom is -0.376 e. The molecule has 5 rings (SSSR count). The molecule has 3 N–H and O–H groups in total. The summed E-state index contributed by atoms with van der Waals surface area (Å²) in [5.41, 5.74) is 5.41. The quantitative estimate of drug-likeness (QED) is 0.330. The predicted octanol–water partition coefficient (Wildman–Crippen LogP) is 4.17. The summed E-state index contributed by atoms with van der Waals surface area (Å²) in [6, 6.07) is 17.9. The monoisotopic (exact) mass is 484 g/mol. The first-order valence-electron chi connectivity index (χ1n) is 12.4. The van der Waals surface area contributed by atoms with E-state index < -0.39 is 0 Å². The highest BCUT2D eigenvalue weighted by atomic mass is 16.5. The van der Waals surface area contributed by atoms with Gasteiger partial charge in [0.2, 0.25) is 0 Å². The molecule has 0 radical (unpaired) electrons. The van der Waals surface area contributed by atoms with Crippen LogP contribution in [0.3, 0.4) is 0 Å². The van der Waals surface area contributed by atoms with Gasteiger partial charge in [-0.05, 0) is 50.2 Å². The van der Waals surface area contributed by atoms with Gasteiger partial charge in [0.25, 0.3) is 5.91 Å². The number of hydrogen-bond acceptors (Lipinski definition) is 6. The van der Waals surface area contributed by atoms with Crippen molar-refractivity contribution in [2.45, 2.75) is 18.9 Å². The number of fused-ring (bicyclic) bond motifs is 1. The minimum atomic E-state index is -0.0742. The summed E-state index contributed by atoms with van der Waals surface area (Å²) in [7, 11) is 3.97. The number of aromatic nitrogens is 3. The van der Waals surface area contributed by atoms with E-state index in [2.05, 4.69) is 37.7 Å². The third kappa shape index (κ3) is 5.24. The Bertz CT molecular complexity index is 1310. The van der Waals surface area contributed by atoms with Crippen LogP contribution in [0, 0.1) is 0 Å². The molecular weight excluding hydrogens is 452 g/mol. The van der Waals surface area contributed by atoms with E-state index in [1.807, 2.05) is 61.5 Å². The van der Waals surface area contributed by atoms with Crippen LogP contribution in [0.1, 0.15) is 23.2 Å². The summed E-state index contributed by atoms with van der Waals surface area (Å²) in [5.74, 6) is 0.712. The number of nitrogens with zero attached hydrogens (tertiary/aromatic N) is 3. The van der Waals surface area contributed by atoms with Crippen molar-refractivity contribution in [3.05, 3.63) is 66.5 Å². The summed E-state index contributed by atoms with van der Waals surface area (Å²) in [6.45, 7) is 2.93. The molecule has 1 amide bonds. The van der Waals surface area contributed by atoms with Crippen LogP contribution >= 0.6 is 0 Å². The molecule has 0 spiro atoms. The number of aromatic amines is 1. The number of ether oxygens (including phenoxy) is 1. The number of rotatable bonds is 9. The molecule has 4 aromatic rings. The Morgan fingerprint density at radius 1 is 1.08 bits per heavy atom. The van der Waals surface area contributed by atoms with E-state index in [1.165, 1.54) is 0 Å². The molecule has 0 saturated carbocycles. The van der Waals surface area contributed by atoms with Crippen LogP contribution in [0.5, 0.6) is 0 Å². The van der Waals surface area contributed by atoms with Crippen molar-refractivity contribution in [3.8, 4) is 22.4 Å². The van der Waals surface area contributed by atoms with E-state index >= 15 is 0 Å². The molecule has 2 aromatic heterocycles. The van der Waals surface area contributed by atoms with Crippen LogP contribution in [0.25, 0.3) is 33.4 Å². The lowest BCUT2D eigenvalue weighted by Gasteiger charge is -2.13. The Labute approximate surface area is 211 Å². The van der Waals surface area contributed by atoms with Crippen molar-refractivity contribution in [2.24, 2.45) is 0 Å². The SMILES string of the molecule is CN(C)CCNC(=O)c1ccc(-c2[nH]c3ncnc(NCC4CCCO4)c3c2-c2ccccc2)cc1. The summed E-state index contributed by atoms with van der Waals surface area (Å²) in [4.78, 5) is 27.2.